The molecule has 0 radical (unpaired) electrons. The lowest BCUT2D eigenvalue weighted by molar-refractivity contribution is 0.0998. The summed E-state index contributed by atoms with van der Waals surface area (Å²) in [6, 6.07) is 14.2. The molecule has 0 saturated heterocycles. The molecule has 0 aliphatic carbocycles. The van der Waals surface area contributed by atoms with Crippen molar-refractivity contribution in [3.63, 3.8) is 0 Å². The molecule has 0 atom stereocenters. The molecular formula is C21H24ClN3O3. The molecule has 7 heteroatoms. The van der Waals surface area contributed by atoms with Crippen molar-refractivity contribution >= 4 is 12.4 Å². The van der Waals surface area contributed by atoms with Gasteiger partial charge in [-0.15, -0.1) is 12.4 Å². The largest absolute Gasteiger partial charge is 0.497 e. The molecule has 0 fully saturated rings. The number of hydrogen-bond acceptors (Lipinski definition) is 6. The first-order chi connectivity index (χ1) is 13.3. The van der Waals surface area contributed by atoms with Crippen LogP contribution in [0.3, 0.4) is 0 Å². The smallest absolute Gasteiger partial charge is 0.258 e. The van der Waals surface area contributed by atoms with Crippen LogP contribution >= 0.6 is 12.4 Å². The van der Waals surface area contributed by atoms with E-state index in [0.717, 1.165) is 42.8 Å². The highest BCUT2D eigenvalue weighted by Crippen LogP contribution is 2.23. The van der Waals surface area contributed by atoms with Gasteiger partial charge in [0, 0.05) is 5.56 Å². The van der Waals surface area contributed by atoms with Crippen molar-refractivity contribution in [3.05, 3.63) is 65.0 Å². The Kier molecular flexibility index (Phi) is 7.03. The van der Waals surface area contributed by atoms with Gasteiger partial charge in [-0.1, -0.05) is 23.4 Å². The summed E-state index contributed by atoms with van der Waals surface area (Å²) in [7, 11) is 1.65. The Morgan fingerprint density at radius 3 is 2.75 bits per heavy atom. The number of fused-ring (bicyclic) bond motifs is 1. The van der Waals surface area contributed by atoms with E-state index in [4.69, 9.17) is 14.0 Å². The second-order valence-electron chi connectivity index (χ2n) is 6.59. The van der Waals surface area contributed by atoms with E-state index in [1.807, 2.05) is 24.3 Å². The lowest BCUT2D eigenvalue weighted by atomic mass is 10.00. The molecule has 2 heterocycles. The summed E-state index contributed by atoms with van der Waals surface area (Å²) in [5, 5.41) is 7.47. The van der Waals surface area contributed by atoms with Gasteiger partial charge in [0.15, 0.2) is 5.82 Å². The van der Waals surface area contributed by atoms with Gasteiger partial charge in [-0.3, -0.25) is 0 Å². The van der Waals surface area contributed by atoms with Crippen molar-refractivity contribution in [2.45, 2.75) is 26.1 Å². The second kappa shape index (κ2) is 9.68. The summed E-state index contributed by atoms with van der Waals surface area (Å²) in [5.41, 5.74) is 4.75. The second-order valence-corrected chi connectivity index (χ2v) is 6.59. The quantitative estimate of drug-likeness (QED) is 0.681. The minimum atomic E-state index is 0. The summed E-state index contributed by atoms with van der Waals surface area (Å²) in [6.07, 6.45) is 2.08. The van der Waals surface area contributed by atoms with E-state index in [2.05, 4.69) is 33.7 Å². The monoisotopic (exact) mass is 401 g/mol. The van der Waals surface area contributed by atoms with Crippen LogP contribution in [0.4, 0.5) is 0 Å². The Morgan fingerprint density at radius 1 is 1.04 bits per heavy atom. The molecule has 1 N–H and O–H groups in total. The maximum atomic E-state index is 5.71. The number of benzene rings is 2. The molecule has 1 aliphatic heterocycles. The fourth-order valence-corrected chi connectivity index (χ4v) is 3.26. The summed E-state index contributed by atoms with van der Waals surface area (Å²) < 4.78 is 16.4. The van der Waals surface area contributed by atoms with Gasteiger partial charge >= 0.3 is 0 Å². The van der Waals surface area contributed by atoms with Crippen LogP contribution < -0.4 is 10.1 Å². The first kappa shape index (κ1) is 20.3. The third-order valence-corrected chi connectivity index (χ3v) is 4.70. The number of aromatic nitrogens is 2. The van der Waals surface area contributed by atoms with Crippen LogP contribution in [0, 0.1) is 0 Å². The number of rotatable bonds is 6. The molecule has 148 valence electrons. The van der Waals surface area contributed by atoms with E-state index in [1.54, 1.807) is 7.11 Å². The molecule has 28 heavy (non-hydrogen) atoms. The van der Waals surface area contributed by atoms with Gasteiger partial charge in [0.25, 0.3) is 5.89 Å². The predicted octanol–water partition coefficient (Wildman–Crippen LogP) is 3.57. The predicted molar refractivity (Wildman–Crippen MR) is 109 cm³/mol. The number of ether oxygens (including phenoxy) is 2. The normalized spacial score (nSPS) is 13.3. The molecule has 6 nitrogen and oxygen atoms in total. The number of hydrogen-bond donors (Lipinski definition) is 1. The summed E-state index contributed by atoms with van der Waals surface area (Å²) in [6.45, 7) is 2.80. The Labute approximate surface area is 170 Å². The lowest BCUT2D eigenvalue weighted by Gasteiger charge is -2.05. The van der Waals surface area contributed by atoms with Crippen LogP contribution in [-0.2, 0) is 30.8 Å². The summed E-state index contributed by atoms with van der Waals surface area (Å²) >= 11 is 0. The van der Waals surface area contributed by atoms with Crippen LogP contribution in [0.15, 0.2) is 47.0 Å². The maximum absolute atomic E-state index is 5.71. The van der Waals surface area contributed by atoms with Crippen molar-refractivity contribution in [1.82, 2.24) is 15.5 Å². The van der Waals surface area contributed by atoms with Crippen LogP contribution in [0.2, 0.25) is 0 Å². The number of nitrogens with zero attached hydrogens (tertiary/aromatic N) is 2. The first-order valence-corrected chi connectivity index (χ1v) is 9.18. The molecule has 3 aromatic rings. The van der Waals surface area contributed by atoms with Crippen molar-refractivity contribution in [1.29, 1.82) is 0 Å². The van der Waals surface area contributed by atoms with Crippen molar-refractivity contribution in [3.8, 4) is 17.2 Å². The van der Waals surface area contributed by atoms with Gasteiger partial charge in [-0.25, -0.2) is 0 Å². The molecular weight excluding hydrogens is 378 g/mol. The lowest BCUT2D eigenvalue weighted by Crippen LogP contribution is -2.16. The third kappa shape index (κ3) is 4.90. The zero-order valence-electron chi connectivity index (χ0n) is 15.8. The van der Waals surface area contributed by atoms with Crippen molar-refractivity contribution < 1.29 is 14.0 Å². The highest BCUT2D eigenvalue weighted by atomic mass is 35.5. The first-order valence-electron chi connectivity index (χ1n) is 9.18. The SMILES string of the molecule is COc1cccc(COCc2noc(-c3ccc4c(c3)CCNCC4)n2)c1.Cl. The number of methoxy groups -OCH3 is 1. The highest BCUT2D eigenvalue weighted by molar-refractivity contribution is 5.85. The molecule has 0 amide bonds. The molecule has 0 bridgehead atoms. The Hall–Kier alpha value is -2.41. The third-order valence-electron chi connectivity index (χ3n) is 4.70. The fraction of sp³-hybridized carbons (Fsp3) is 0.333. The zero-order valence-corrected chi connectivity index (χ0v) is 16.6. The van der Waals surface area contributed by atoms with Crippen LogP contribution in [0.1, 0.15) is 22.5 Å². The summed E-state index contributed by atoms with van der Waals surface area (Å²) in [5.74, 6) is 1.90. The van der Waals surface area contributed by atoms with Crippen LogP contribution in [0.25, 0.3) is 11.5 Å². The maximum Gasteiger partial charge on any atom is 0.258 e. The van der Waals surface area contributed by atoms with Gasteiger partial charge in [0.2, 0.25) is 0 Å². The summed E-state index contributed by atoms with van der Waals surface area (Å²) in [4.78, 5) is 4.47. The molecule has 1 aromatic heterocycles. The van der Waals surface area contributed by atoms with Gasteiger partial charge < -0.3 is 19.3 Å². The topological polar surface area (TPSA) is 69.4 Å². The molecule has 0 spiro atoms. The van der Waals surface area contributed by atoms with Gasteiger partial charge in [-0.05, 0) is 66.9 Å². The Bertz CT molecular complexity index is 913. The van der Waals surface area contributed by atoms with E-state index in [-0.39, 0.29) is 12.4 Å². The Morgan fingerprint density at radius 2 is 1.89 bits per heavy atom. The minimum Gasteiger partial charge on any atom is -0.497 e. The van der Waals surface area contributed by atoms with Crippen LogP contribution in [0.5, 0.6) is 5.75 Å². The number of nitrogens with one attached hydrogen (secondary N) is 1. The average Bonchev–Trinajstić information content (AvgIpc) is 3.05. The van der Waals surface area contributed by atoms with E-state index in [1.165, 1.54) is 11.1 Å². The van der Waals surface area contributed by atoms with Gasteiger partial charge in [0.05, 0.1) is 13.7 Å². The highest BCUT2D eigenvalue weighted by Gasteiger charge is 2.13. The van der Waals surface area contributed by atoms with E-state index < -0.39 is 0 Å². The molecule has 0 saturated carbocycles. The molecule has 4 rings (SSSR count). The number of halogens is 1. The van der Waals surface area contributed by atoms with Gasteiger partial charge in [0.1, 0.15) is 12.4 Å². The zero-order chi connectivity index (χ0) is 18.5. The van der Waals surface area contributed by atoms with E-state index in [9.17, 15) is 0 Å². The van der Waals surface area contributed by atoms with Gasteiger partial charge in [-0.2, -0.15) is 4.98 Å². The van der Waals surface area contributed by atoms with Crippen LogP contribution in [-0.4, -0.2) is 30.3 Å². The fourth-order valence-electron chi connectivity index (χ4n) is 3.26. The molecule has 1 aliphatic rings. The molecule has 2 aromatic carbocycles. The Balaban J connectivity index is 0.00000225. The average molecular weight is 402 g/mol. The molecule has 0 unspecified atom stereocenters. The van der Waals surface area contributed by atoms with Crippen molar-refractivity contribution in [2.24, 2.45) is 0 Å². The van der Waals surface area contributed by atoms with E-state index >= 15 is 0 Å². The van der Waals surface area contributed by atoms with E-state index in [0.29, 0.717) is 24.9 Å². The van der Waals surface area contributed by atoms with Crippen molar-refractivity contribution in [2.75, 3.05) is 20.2 Å². The minimum absolute atomic E-state index is 0. The standard InChI is InChI=1S/C21H23N3O3.ClH/c1-25-19-4-2-3-15(11-19)13-26-14-20-23-21(27-24-20)18-6-5-16-7-9-22-10-8-17(16)12-18;/h2-6,11-12,22H,7-10,13-14H2,1H3;1H.